The number of amides is 1. The summed E-state index contributed by atoms with van der Waals surface area (Å²) in [4.78, 5) is 15.9. The molecule has 0 unspecified atom stereocenters. The van der Waals surface area contributed by atoms with Gasteiger partial charge in [0.15, 0.2) is 0 Å². The second-order valence-electron chi connectivity index (χ2n) is 5.51. The van der Waals surface area contributed by atoms with Gasteiger partial charge in [-0.25, -0.2) is 0 Å². The van der Waals surface area contributed by atoms with Gasteiger partial charge in [0.25, 0.3) is 0 Å². The Bertz CT molecular complexity index is 591. The minimum atomic E-state index is -4.44. The summed E-state index contributed by atoms with van der Waals surface area (Å²) in [6.45, 7) is 4.72. The van der Waals surface area contributed by atoms with Crippen molar-refractivity contribution in [3.05, 3.63) is 35.9 Å². The van der Waals surface area contributed by atoms with Crippen molar-refractivity contribution < 1.29 is 18.0 Å². The average Bonchev–Trinajstić information content (AvgIpc) is 2.47. The summed E-state index contributed by atoms with van der Waals surface area (Å²) >= 11 is 0. The maximum atomic E-state index is 12.9. The minimum absolute atomic E-state index is 0.187. The standard InChI is InChI=1S/C16H20F3N3O/c1-3-4-15(23)20-13-11-12(16(17,18)19)5-6-14(13)22-9-7-21(2)8-10-22/h3-6,11H,7-10H2,1-2H3,(H,20,23)/b4-3+. The average molecular weight is 327 g/mol. The number of carbonyl (C=O) groups is 1. The Labute approximate surface area is 133 Å². The summed E-state index contributed by atoms with van der Waals surface area (Å²) < 4.78 is 38.8. The number of nitrogens with zero attached hydrogens (tertiary/aromatic N) is 2. The molecule has 4 nitrogen and oxygen atoms in total. The number of carbonyl (C=O) groups excluding carboxylic acids is 1. The number of alkyl halides is 3. The maximum Gasteiger partial charge on any atom is 0.416 e. The molecule has 0 aliphatic carbocycles. The van der Waals surface area contributed by atoms with Gasteiger partial charge in [0.05, 0.1) is 16.9 Å². The zero-order valence-electron chi connectivity index (χ0n) is 13.2. The second kappa shape index (κ2) is 7.04. The fourth-order valence-corrected chi connectivity index (χ4v) is 2.46. The number of hydrogen-bond donors (Lipinski definition) is 1. The lowest BCUT2D eigenvalue weighted by molar-refractivity contribution is -0.137. The van der Waals surface area contributed by atoms with Crippen LogP contribution in [0.2, 0.25) is 0 Å². The van der Waals surface area contributed by atoms with E-state index in [4.69, 9.17) is 0 Å². The molecule has 126 valence electrons. The Morgan fingerprint density at radius 1 is 1.22 bits per heavy atom. The van der Waals surface area contributed by atoms with Crippen molar-refractivity contribution in [1.82, 2.24) is 4.90 Å². The molecule has 0 atom stereocenters. The highest BCUT2D eigenvalue weighted by molar-refractivity contribution is 6.01. The molecule has 1 amide bonds. The normalized spacial score (nSPS) is 16.8. The lowest BCUT2D eigenvalue weighted by atomic mass is 10.1. The Balaban J connectivity index is 2.34. The molecule has 1 aromatic carbocycles. The molecular formula is C16H20F3N3O. The lowest BCUT2D eigenvalue weighted by Gasteiger charge is -2.35. The first-order chi connectivity index (χ1) is 10.8. The highest BCUT2D eigenvalue weighted by Crippen LogP contribution is 2.35. The summed E-state index contributed by atoms with van der Waals surface area (Å²) in [7, 11) is 2.00. The molecular weight excluding hydrogens is 307 g/mol. The highest BCUT2D eigenvalue weighted by atomic mass is 19.4. The van der Waals surface area contributed by atoms with Crippen LogP contribution in [0.25, 0.3) is 0 Å². The molecule has 0 saturated carbocycles. The third-order valence-corrected chi connectivity index (χ3v) is 3.74. The van der Waals surface area contributed by atoms with Crippen LogP contribution in [-0.2, 0) is 11.0 Å². The van der Waals surface area contributed by atoms with Crippen molar-refractivity contribution in [3.8, 4) is 0 Å². The van der Waals surface area contributed by atoms with Gasteiger partial charge in [-0.05, 0) is 38.2 Å². The topological polar surface area (TPSA) is 35.6 Å². The van der Waals surface area contributed by atoms with Gasteiger partial charge in [-0.1, -0.05) is 6.08 Å². The molecule has 1 fully saturated rings. The molecule has 0 radical (unpaired) electrons. The molecule has 1 N–H and O–H groups in total. The predicted octanol–water partition coefficient (Wildman–Crippen LogP) is 2.97. The quantitative estimate of drug-likeness (QED) is 0.867. The number of piperazine rings is 1. The molecule has 0 bridgehead atoms. The van der Waals surface area contributed by atoms with Crippen molar-refractivity contribution in [3.63, 3.8) is 0 Å². The van der Waals surface area contributed by atoms with E-state index < -0.39 is 17.6 Å². The SMILES string of the molecule is C/C=C/C(=O)Nc1cc(C(F)(F)F)ccc1N1CCN(C)CC1. The van der Waals surface area contributed by atoms with Gasteiger partial charge in [-0.15, -0.1) is 0 Å². The first-order valence-corrected chi connectivity index (χ1v) is 7.39. The number of nitrogens with one attached hydrogen (secondary N) is 1. The molecule has 1 heterocycles. The van der Waals surface area contributed by atoms with E-state index in [0.29, 0.717) is 18.8 Å². The monoisotopic (exact) mass is 327 g/mol. The van der Waals surface area contributed by atoms with Crippen LogP contribution in [0.15, 0.2) is 30.4 Å². The largest absolute Gasteiger partial charge is 0.416 e. The molecule has 2 rings (SSSR count). The number of halogens is 3. The third-order valence-electron chi connectivity index (χ3n) is 3.74. The Morgan fingerprint density at radius 3 is 2.43 bits per heavy atom. The Morgan fingerprint density at radius 2 is 1.87 bits per heavy atom. The van der Waals surface area contributed by atoms with Crippen LogP contribution >= 0.6 is 0 Å². The number of rotatable bonds is 3. The van der Waals surface area contributed by atoms with Gasteiger partial charge in [0.1, 0.15) is 0 Å². The minimum Gasteiger partial charge on any atom is -0.367 e. The first kappa shape index (κ1) is 17.3. The number of anilines is 2. The molecule has 23 heavy (non-hydrogen) atoms. The predicted molar refractivity (Wildman–Crippen MR) is 84.6 cm³/mol. The molecule has 0 spiro atoms. The van der Waals surface area contributed by atoms with Crippen molar-refractivity contribution >= 4 is 17.3 Å². The lowest BCUT2D eigenvalue weighted by Crippen LogP contribution is -2.44. The van der Waals surface area contributed by atoms with Crippen LogP contribution in [-0.4, -0.2) is 44.0 Å². The van der Waals surface area contributed by atoms with Crippen LogP contribution in [0.4, 0.5) is 24.5 Å². The summed E-state index contributed by atoms with van der Waals surface area (Å²) in [6, 6.07) is 3.48. The van der Waals surface area contributed by atoms with Crippen molar-refractivity contribution in [2.24, 2.45) is 0 Å². The molecule has 0 aromatic heterocycles. The van der Waals surface area contributed by atoms with Crippen molar-refractivity contribution in [1.29, 1.82) is 0 Å². The molecule has 1 aromatic rings. The van der Waals surface area contributed by atoms with Gasteiger partial charge in [0.2, 0.25) is 5.91 Å². The molecule has 1 aliphatic heterocycles. The van der Waals surface area contributed by atoms with Crippen LogP contribution in [0.5, 0.6) is 0 Å². The van der Waals surface area contributed by atoms with E-state index in [1.54, 1.807) is 13.0 Å². The number of allylic oxidation sites excluding steroid dienone is 1. The zero-order valence-corrected chi connectivity index (χ0v) is 13.2. The Kier molecular flexibility index (Phi) is 5.30. The second-order valence-corrected chi connectivity index (χ2v) is 5.51. The van der Waals surface area contributed by atoms with Gasteiger partial charge < -0.3 is 15.1 Å². The van der Waals surface area contributed by atoms with Crippen LogP contribution in [0, 0.1) is 0 Å². The molecule has 1 saturated heterocycles. The smallest absolute Gasteiger partial charge is 0.367 e. The van der Waals surface area contributed by atoms with E-state index in [-0.39, 0.29) is 5.69 Å². The van der Waals surface area contributed by atoms with E-state index in [1.165, 1.54) is 12.1 Å². The molecule has 1 aliphatic rings. The van der Waals surface area contributed by atoms with E-state index in [9.17, 15) is 18.0 Å². The van der Waals surface area contributed by atoms with Crippen LogP contribution < -0.4 is 10.2 Å². The number of benzene rings is 1. The summed E-state index contributed by atoms with van der Waals surface area (Å²) in [5.41, 5.74) is 0.0302. The highest BCUT2D eigenvalue weighted by Gasteiger charge is 2.31. The number of likely N-dealkylation sites (N-methyl/N-ethyl adjacent to an activating group) is 1. The van der Waals surface area contributed by atoms with Gasteiger partial charge >= 0.3 is 6.18 Å². The van der Waals surface area contributed by atoms with Gasteiger partial charge in [-0.3, -0.25) is 4.79 Å². The van der Waals surface area contributed by atoms with Crippen LogP contribution in [0.1, 0.15) is 12.5 Å². The van der Waals surface area contributed by atoms with Crippen LogP contribution in [0.3, 0.4) is 0 Å². The van der Waals surface area contributed by atoms with E-state index >= 15 is 0 Å². The number of hydrogen-bond acceptors (Lipinski definition) is 3. The van der Waals surface area contributed by atoms with E-state index in [2.05, 4.69) is 10.2 Å². The fraction of sp³-hybridized carbons (Fsp3) is 0.438. The molecule has 7 heteroatoms. The Hall–Kier alpha value is -2.02. The first-order valence-electron chi connectivity index (χ1n) is 7.39. The van der Waals surface area contributed by atoms with Crippen molar-refractivity contribution in [2.75, 3.05) is 43.4 Å². The summed E-state index contributed by atoms with van der Waals surface area (Å²) in [5, 5.41) is 2.55. The maximum absolute atomic E-state index is 12.9. The van der Waals surface area contributed by atoms with Crippen molar-refractivity contribution in [2.45, 2.75) is 13.1 Å². The van der Waals surface area contributed by atoms with Gasteiger partial charge in [-0.2, -0.15) is 13.2 Å². The van der Waals surface area contributed by atoms with E-state index in [0.717, 1.165) is 25.2 Å². The zero-order chi connectivity index (χ0) is 17.0. The third kappa shape index (κ3) is 4.48. The fourth-order valence-electron chi connectivity index (χ4n) is 2.46. The van der Waals surface area contributed by atoms with E-state index in [1.807, 2.05) is 11.9 Å². The summed E-state index contributed by atoms with van der Waals surface area (Å²) in [5.74, 6) is -0.442. The van der Waals surface area contributed by atoms with Gasteiger partial charge in [0, 0.05) is 26.2 Å². The summed E-state index contributed by atoms with van der Waals surface area (Å²) in [6.07, 6.45) is -1.62.